The zero-order valence-corrected chi connectivity index (χ0v) is 17.3. The Morgan fingerprint density at radius 3 is 2.72 bits per heavy atom. The predicted molar refractivity (Wildman–Crippen MR) is 114 cm³/mol. The number of benzene rings is 2. The first-order valence-electron chi connectivity index (χ1n) is 11.2. The normalized spacial score (nSPS) is 35.5. The largest absolute Gasteiger partial charge is 0.489 e. The van der Waals surface area contributed by atoms with Gasteiger partial charge in [-0.3, -0.25) is 0 Å². The Bertz CT molecular complexity index is 864. The van der Waals surface area contributed by atoms with E-state index in [1.54, 1.807) is 0 Å². The van der Waals surface area contributed by atoms with Gasteiger partial charge in [0, 0.05) is 12.5 Å². The van der Waals surface area contributed by atoms with Gasteiger partial charge in [-0.15, -0.1) is 0 Å². The van der Waals surface area contributed by atoms with Crippen LogP contribution in [-0.4, -0.2) is 22.9 Å². The summed E-state index contributed by atoms with van der Waals surface area (Å²) in [6.07, 6.45) is 5.10. The van der Waals surface area contributed by atoms with Gasteiger partial charge < -0.3 is 14.9 Å². The average Bonchev–Trinajstić information content (AvgIpc) is 3.03. The molecule has 2 N–H and O–H groups in total. The summed E-state index contributed by atoms with van der Waals surface area (Å²) in [4.78, 5) is 0. The standard InChI is InChI=1S/C26H32O3/c1-26-12-11-22-21-10-8-20(29-16-17-5-3-2-4-6-17)13-18(21)7-9-23(22)24(26)14-19(15-27)25(26)28/h2-6,8,10,13,19,22-25,27-28H,7,9,11-12,14-16H2,1H3. The van der Waals surface area contributed by atoms with Gasteiger partial charge in [0.1, 0.15) is 12.4 Å². The minimum Gasteiger partial charge on any atom is -0.489 e. The molecule has 5 rings (SSSR count). The molecule has 2 aromatic carbocycles. The number of rotatable bonds is 4. The molecule has 154 valence electrons. The number of hydrogen-bond donors (Lipinski definition) is 2. The number of aryl methyl sites for hydroxylation is 1. The molecule has 6 atom stereocenters. The highest BCUT2D eigenvalue weighted by molar-refractivity contribution is 5.41. The Labute approximate surface area is 173 Å². The maximum Gasteiger partial charge on any atom is 0.120 e. The van der Waals surface area contributed by atoms with Crippen molar-refractivity contribution in [2.24, 2.45) is 23.2 Å². The zero-order chi connectivity index (χ0) is 20.0. The van der Waals surface area contributed by atoms with Gasteiger partial charge in [0.05, 0.1) is 6.10 Å². The van der Waals surface area contributed by atoms with Gasteiger partial charge in [0.25, 0.3) is 0 Å². The molecule has 3 aliphatic carbocycles. The lowest BCUT2D eigenvalue weighted by Crippen LogP contribution is -2.44. The average molecular weight is 393 g/mol. The fraction of sp³-hybridized carbons (Fsp3) is 0.538. The van der Waals surface area contributed by atoms with E-state index in [0.29, 0.717) is 24.4 Å². The van der Waals surface area contributed by atoms with E-state index < -0.39 is 0 Å². The van der Waals surface area contributed by atoms with Crippen LogP contribution in [0.3, 0.4) is 0 Å². The van der Waals surface area contributed by atoms with Gasteiger partial charge in [-0.05, 0) is 84.1 Å². The summed E-state index contributed by atoms with van der Waals surface area (Å²) in [5.41, 5.74) is 4.11. The monoisotopic (exact) mass is 392 g/mol. The molecule has 2 aromatic rings. The lowest BCUT2D eigenvalue weighted by atomic mass is 9.55. The van der Waals surface area contributed by atoms with Gasteiger partial charge >= 0.3 is 0 Å². The van der Waals surface area contributed by atoms with Crippen molar-refractivity contribution >= 4 is 0 Å². The van der Waals surface area contributed by atoms with Crippen molar-refractivity contribution in [2.45, 2.75) is 57.7 Å². The third kappa shape index (κ3) is 3.19. The Morgan fingerprint density at radius 1 is 1.10 bits per heavy atom. The quantitative estimate of drug-likeness (QED) is 0.793. The molecule has 29 heavy (non-hydrogen) atoms. The van der Waals surface area contributed by atoms with Crippen LogP contribution in [0.5, 0.6) is 5.75 Å². The van der Waals surface area contributed by atoms with Crippen molar-refractivity contribution in [3.63, 3.8) is 0 Å². The number of aliphatic hydroxyl groups is 2. The van der Waals surface area contributed by atoms with E-state index in [0.717, 1.165) is 31.4 Å². The second-order valence-electron chi connectivity index (χ2n) is 9.72. The fourth-order valence-corrected chi connectivity index (χ4v) is 6.72. The third-order valence-electron chi connectivity index (χ3n) is 8.30. The van der Waals surface area contributed by atoms with Crippen molar-refractivity contribution in [3.05, 3.63) is 65.2 Å². The summed E-state index contributed by atoms with van der Waals surface area (Å²) in [6.45, 7) is 2.99. The van der Waals surface area contributed by atoms with Crippen LogP contribution >= 0.6 is 0 Å². The van der Waals surface area contributed by atoms with Gasteiger partial charge in [-0.25, -0.2) is 0 Å². The van der Waals surface area contributed by atoms with Crippen molar-refractivity contribution in [2.75, 3.05) is 6.61 Å². The molecule has 6 unspecified atom stereocenters. The maximum atomic E-state index is 10.8. The molecule has 2 fully saturated rings. The van der Waals surface area contributed by atoms with E-state index in [9.17, 15) is 10.2 Å². The Hall–Kier alpha value is -1.84. The van der Waals surface area contributed by atoms with Crippen LogP contribution in [0.2, 0.25) is 0 Å². The minimum absolute atomic E-state index is 0.0230. The second kappa shape index (κ2) is 7.45. The molecule has 0 aromatic heterocycles. The van der Waals surface area contributed by atoms with E-state index in [2.05, 4.69) is 37.3 Å². The van der Waals surface area contributed by atoms with E-state index in [1.165, 1.54) is 23.1 Å². The molecule has 2 saturated carbocycles. The molecular weight excluding hydrogens is 360 g/mol. The smallest absolute Gasteiger partial charge is 0.120 e. The molecule has 3 heteroatoms. The topological polar surface area (TPSA) is 49.7 Å². The first-order chi connectivity index (χ1) is 14.1. The molecule has 3 aliphatic rings. The molecular formula is C26H32O3. The van der Waals surface area contributed by atoms with Crippen LogP contribution in [-0.2, 0) is 13.0 Å². The summed E-state index contributed by atoms with van der Waals surface area (Å²) in [6, 6.07) is 17.0. The highest BCUT2D eigenvalue weighted by atomic mass is 16.5. The van der Waals surface area contributed by atoms with Gasteiger partial charge in [-0.1, -0.05) is 43.3 Å². The summed E-state index contributed by atoms with van der Waals surface area (Å²) in [7, 11) is 0. The number of ether oxygens (including phenoxy) is 1. The highest BCUT2D eigenvalue weighted by Gasteiger charge is 2.57. The lowest BCUT2D eigenvalue weighted by Gasteiger charge is -2.50. The molecule has 0 heterocycles. The van der Waals surface area contributed by atoms with Crippen molar-refractivity contribution in [3.8, 4) is 5.75 Å². The third-order valence-corrected chi connectivity index (χ3v) is 8.30. The van der Waals surface area contributed by atoms with E-state index in [-0.39, 0.29) is 24.0 Å². The summed E-state index contributed by atoms with van der Waals surface area (Å²) < 4.78 is 6.06. The Kier molecular flexibility index (Phi) is 4.92. The van der Waals surface area contributed by atoms with E-state index >= 15 is 0 Å². The van der Waals surface area contributed by atoms with Crippen molar-refractivity contribution in [1.82, 2.24) is 0 Å². The molecule has 0 saturated heterocycles. The van der Waals surface area contributed by atoms with Crippen LogP contribution in [0.25, 0.3) is 0 Å². The number of hydrogen-bond acceptors (Lipinski definition) is 3. The van der Waals surface area contributed by atoms with Gasteiger partial charge in [0.15, 0.2) is 0 Å². The summed E-state index contributed by atoms with van der Waals surface area (Å²) in [5, 5.41) is 20.6. The molecule has 0 amide bonds. The number of aliphatic hydroxyl groups excluding tert-OH is 2. The van der Waals surface area contributed by atoms with E-state index in [4.69, 9.17) is 4.74 Å². The van der Waals surface area contributed by atoms with Gasteiger partial charge in [0.2, 0.25) is 0 Å². The molecule has 0 spiro atoms. The zero-order valence-electron chi connectivity index (χ0n) is 17.3. The first kappa shape index (κ1) is 19.1. The van der Waals surface area contributed by atoms with E-state index in [1.807, 2.05) is 18.2 Å². The van der Waals surface area contributed by atoms with Crippen LogP contribution in [0.1, 0.15) is 55.2 Å². The molecule has 0 bridgehead atoms. The summed E-state index contributed by atoms with van der Waals surface area (Å²) in [5.74, 6) is 2.76. The van der Waals surface area contributed by atoms with Gasteiger partial charge in [-0.2, -0.15) is 0 Å². The minimum atomic E-state index is -0.353. The SMILES string of the molecule is CC12CCC3c4ccc(OCc5ccccc5)cc4CCC3C1CC(CO)C2O. The first-order valence-corrected chi connectivity index (χ1v) is 11.2. The second-order valence-corrected chi connectivity index (χ2v) is 9.72. The Morgan fingerprint density at radius 2 is 1.93 bits per heavy atom. The highest BCUT2D eigenvalue weighted by Crippen LogP contribution is 2.62. The maximum absolute atomic E-state index is 10.8. The Balaban J connectivity index is 1.34. The predicted octanol–water partition coefficient (Wildman–Crippen LogP) is 4.70. The molecule has 0 aliphatic heterocycles. The summed E-state index contributed by atoms with van der Waals surface area (Å²) >= 11 is 0. The van der Waals surface area contributed by atoms with Crippen LogP contribution < -0.4 is 4.74 Å². The lowest BCUT2D eigenvalue weighted by molar-refractivity contribution is -0.0379. The molecule has 3 nitrogen and oxygen atoms in total. The van der Waals surface area contributed by atoms with Crippen LogP contribution in [0.4, 0.5) is 0 Å². The van der Waals surface area contributed by atoms with Crippen molar-refractivity contribution < 1.29 is 14.9 Å². The fourth-order valence-electron chi connectivity index (χ4n) is 6.72. The van der Waals surface area contributed by atoms with Crippen LogP contribution in [0, 0.1) is 23.2 Å². The molecule has 0 radical (unpaired) electrons. The van der Waals surface area contributed by atoms with Crippen molar-refractivity contribution in [1.29, 1.82) is 0 Å². The van der Waals surface area contributed by atoms with Crippen LogP contribution in [0.15, 0.2) is 48.5 Å². The number of fused-ring (bicyclic) bond motifs is 5.